The Bertz CT molecular complexity index is 1000. The number of amides is 1. The molecule has 0 aliphatic carbocycles. The Hall–Kier alpha value is -3.44. The third-order valence-corrected chi connectivity index (χ3v) is 5.75. The fourth-order valence-corrected chi connectivity index (χ4v) is 4.02. The molecule has 5 nitrogen and oxygen atoms in total. The lowest BCUT2D eigenvalue weighted by molar-refractivity contribution is -0.145. The summed E-state index contributed by atoms with van der Waals surface area (Å²) in [6.07, 6.45) is 1.77. The van der Waals surface area contributed by atoms with E-state index in [0.29, 0.717) is 19.4 Å². The summed E-state index contributed by atoms with van der Waals surface area (Å²) >= 11 is 0. The molecule has 0 bridgehead atoms. The van der Waals surface area contributed by atoms with Gasteiger partial charge in [0.05, 0.1) is 13.0 Å². The zero-order valence-corrected chi connectivity index (χ0v) is 18.8. The highest BCUT2D eigenvalue weighted by molar-refractivity contribution is 5.83. The number of benzene rings is 3. The molecule has 5 heteroatoms. The average Bonchev–Trinajstić information content (AvgIpc) is 2.84. The van der Waals surface area contributed by atoms with Crippen LogP contribution in [0.15, 0.2) is 84.9 Å². The van der Waals surface area contributed by atoms with E-state index in [4.69, 9.17) is 0 Å². The van der Waals surface area contributed by atoms with Crippen molar-refractivity contribution in [2.24, 2.45) is 5.92 Å². The lowest BCUT2D eigenvalue weighted by Crippen LogP contribution is -2.38. The van der Waals surface area contributed by atoms with Crippen LogP contribution in [0.25, 0.3) is 11.1 Å². The Kier molecular flexibility index (Phi) is 9.21. The molecule has 1 atom stereocenters. The fraction of sp³-hybridized carbons (Fsp3) is 0.286. The number of carboxylic acid groups (broad SMARTS) is 1. The zero-order valence-electron chi connectivity index (χ0n) is 18.8. The number of aliphatic hydroxyl groups excluding tert-OH is 1. The normalized spacial score (nSPS) is 11.7. The molecule has 3 rings (SSSR count). The van der Waals surface area contributed by atoms with Gasteiger partial charge in [-0.2, -0.15) is 0 Å². The maximum absolute atomic E-state index is 13.2. The maximum Gasteiger partial charge on any atom is 0.304 e. The first kappa shape index (κ1) is 24.2. The Morgan fingerprint density at radius 1 is 0.788 bits per heavy atom. The van der Waals surface area contributed by atoms with Crippen molar-refractivity contribution in [3.8, 4) is 11.1 Å². The number of hydrogen-bond acceptors (Lipinski definition) is 3. The molecule has 172 valence electrons. The molecule has 0 fully saturated rings. The smallest absolute Gasteiger partial charge is 0.304 e. The van der Waals surface area contributed by atoms with Crippen molar-refractivity contribution in [3.05, 3.63) is 96.1 Å². The Morgan fingerprint density at radius 2 is 1.39 bits per heavy atom. The van der Waals surface area contributed by atoms with Gasteiger partial charge in [0.15, 0.2) is 0 Å². The van der Waals surface area contributed by atoms with Crippen LogP contribution in [-0.2, 0) is 22.6 Å². The van der Waals surface area contributed by atoms with Crippen LogP contribution in [0.5, 0.6) is 0 Å². The van der Waals surface area contributed by atoms with Gasteiger partial charge in [-0.3, -0.25) is 9.59 Å². The number of carboxylic acids is 1. The lowest BCUT2D eigenvalue weighted by atomic mass is 9.94. The largest absolute Gasteiger partial charge is 0.481 e. The second-order valence-corrected chi connectivity index (χ2v) is 8.22. The quantitative estimate of drug-likeness (QED) is 0.420. The van der Waals surface area contributed by atoms with E-state index in [1.165, 1.54) is 5.56 Å². The van der Waals surface area contributed by atoms with Crippen molar-refractivity contribution in [2.45, 2.75) is 32.2 Å². The lowest BCUT2D eigenvalue weighted by Gasteiger charge is -2.26. The summed E-state index contributed by atoms with van der Waals surface area (Å²) in [6, 6.07) is 28.1. The Labute approximate surface area is 195 Å². The standard InChI is InChI=1S/C28H31NO4/c30-19-18-29(21-23-8-3-1-4-9-23)28(33)26(20-27(31)32)13-7-10-22-14-16-25(17-15-22)24-11-5-2-6-12-24/h1-6,8-9,11-12,14-17,26,30H,7,10,13,18-21H2,(H,31,32)/t26-/m1/s1. The molecule has 0 saturated heterocycles. The number of aryl methyl sites for hydroxylation is 1. The van der Waals surface area contributed by atoms with Crippen molar-refractivity contribution in [2.75, 3.05) is 13.2 Å². The zero-order chi connectivity index (χ0) is 23.5. The highest BCUT2D eigenvalue weighted by Crippen LogP contribution is 2.22. The van der Waals surface area contributed by atoms with Gasteiger partial charge in [-0.1, -0.05) is 84.9 Å². The molecule has 0 saturated carbocycles. The van der Waals surface area contributed by atoms with E-state index in [9.17, 15) is 19.8 Å². The summed E-state index contributed by atoms with van der Waals surface area (Å²) in [5.41, 5.74) is 4.43. The predicted molar refractivity (Wildman–Crippen MR) is 130 cm³/mol. The van der Waals surface area contributed by atoms with Crippen LogP contribution in [-0.4, -0.2) is 40.1 Å². The highest BCUT2D eigenvalue weighted by atomic mass is 16.4. The van der Waals surface area contributed by atoms with E-state index >= 15 is 0 Å². The molecule has 0 heterocycles. The number of hydrogen-bond donors (Lipinski definition) is 2. The van der Waals surface area contributed by atoms with Crippen LogP contribution in [0.1, 0.15) is 30.4 Å². The van der Waals surface area contributed by atoms with Crippen LogP contribution in [0.4, 0.5) is 0 Å². The van der Waals surface area contributed by atoms with Gasteiger partial charge in [-0.15, -0.1) is 0 Å². The third kappa shape index (κ3) is 7.58. The minimum Gasteiger partial charge on any atom is -0.481 e. The Morgan fingerprint density at radius 3 is 2.00 bits per heavy atom. The van der Waals surface area contributed by atoms with Crippen molar-refractivity contribution >= 4 is 11.9 Å². The molecule has 1 amide bonds. The van der Waals surface area contributed by atoms with Crippen molar-refractivity contribution in [1.29, 1.82) is 0 Å². The van der Waals surface area contributed by atoms with E-state index in [1.54, 1.807) is 4.90 Å². The van der Waals surface area contributed by atoms with Gasteiger partial charge in [0.2, 0.25) is 5.91 Å². The number of nitrogens with zero attached hydrogens (tertiary/aromatic N) is 1. The molecule has 3 aromatic rings. The molecule has 0 aromatic heterocycles. The van der Waals surface area contributed by atoms with Gasteiger partial charge in [-0.05, 0) is 41.5 Å². The molecule has 33 heavy (non-hydrogen) atoms. The molecule has 0 spiro atoms. The predicted octanol–water partition coefficient (Wildman–Crippen LogP) is 4.79. The second kappa shape index (κ2) is 12.6. The molecule has 0 unspecified atom stereocenters. The summed E-state index contributed by atoms with van der Waals surface area (Å²) in [6.45, 7) is 0.383. The monoisotopic (exact) mass is 445 g/mol. The first-order chi connectivity index (χ1) is 16.1. The van der Waals surface area contributed by atoms with E-state index in [0.717, 1.165) is 23.1 Å². The molecule has 2 N–H and O–H groups in total. The van der Waals surface area contributed by atoms with E-state index in [1.807, 2.05) is 48.5 Å². The van der Waals surface area contributed by atoms with Gasteiger partial charge in [0.1, 0.15) is 0 Å². The van der Waals surface area contributed by atoms with Crippen LogP contribution >= 0.6 is 0 Å². The maximum atomic E-state index is 13.2. The van der Waals surface area contributed by atoms with Crippen LogP contribution < -0.4 is 0 Å². The summed E-state index contributed by atoms with van der Waals surface area (Å²) < 4.78 is 0. The van der Waals surface area contributed by atoms with Gasteiger partial charge < -0.3 is 15.1 Å². The topological polar surface area (TPSA) is 77.8 Å². The molecule has 0 radical (unpaired) electrons. The summed E-state index contributed by atoms with van der Waals surface area (Å²) in [5, 5.41) is 18.8. The summed E-state index contributed by atoms with van der Waals surface area (Å²) in [4.78, 5) is 26.2. The van der Waals surface area contributed by atoms with Crippen LogP contribution in [0.2, 0.25) is 0 Å². The SMILES string of the molecule is O=C(O)C[C@@H](CCCc1ccc(-c2ccccc2)cc1)C(=O)N(CCO)Cc1ccccc1. The number of aliphatic hydroxyl groups is 1. The number of aliphatic carboxylic acids is 1. The summed E-state index contributed by atoms with van der Waals surface area (Å²) in [7, 11) is 0. The van der Waals surface area contributed by atoms with E-state index in [2.05, 4.69) is 36.4 Å². The first-order valence-electron chi connectivity index (χ1n) is 11.4. The number of carbonyl (C=O) groups excluding carboxylic acids is 1. The van der Waals surface area contributed by atoms with Gasteiger partial charge >= 0.3 is 5.97 Å². The first-order valence-corrected chi connectivity index (χ1v) is 11.4. The van der Waals surface area contributed by atoms with E-state index < -0.39 is 11.9 Å². The highest BCUT2D eigenvalue weighted by Gasteiger charge is 2.26. The molecular weight excluding hydrogens is 414 g/mol. The molecular formula is C28H31NO4. The van der Waals surface area contributed by atoms with Crippen molar-refractivity contribution < 1.29 is 19.8 Å². The average molecular weight is 446 g/mol. The Balaban J connectivity index is 1.61. The van der Waals surface area contributed by atoms with Crippen LogP contribution in [0, 0.1) is 5.92 Å². The third-order valence-electron chi connectivity index (χ3n) is 5.75. The number of rotatable bonds is 12. The minimum atomic E-state index is -0.982. The second-order valence-electron chi connectivity index (χ2n) is 8.22. The fourth-order valence-electron chi connectivity index (χ4n) is 4.02. The number of carbonyl (C=O) groups is 2. The molecule has 0 aliphatic rings. The minimum absolute atomic E-state index is 0.161. The van der Waals surface area contributed by atoms with Gasteiger partial charge in [-0.25, -0.2) is 0 Å². The van der Waals surface area contributed by atoms with Gasteiger partial charge in [0, 0.05) is 19.0 Å². The van der Waals surface area contributed by atoms with Gasteiger partial charge in [0.25, 0.3) is 0 Å². The van der Waals surface area contributed by atoms with Crippen molar-refractivity contribution in [1.82, 2.24) is 4.90 Å². The van der Waals surface area contributed by atoms with Crippen LogP contribution in [0.3, 0.4) is 0 Å². The molecule has 3 aromatic carbocycles. The molecule has 0 aliphatic heterocycles. The van der Waals surface area contributed by atoms with E-state index in [-0.39, 0.29) is 25.5 Å². The van der Waals surface area contributed by atoms with Crippen molar-refractivity contribution in [3.63, 3.8) is 0 Å². The summed E-state index contributed by atoms with van der Waals surface area (Å²) in [5.74, 6) is -1.81.